The molecule has 14 heavy (non-hydrogen) atoms. The van der Waals surface area contributed by atoms with E-state index >= 15 is 0 Å². The molecule has 1 aliphatic heterocycles. The van der Waals surface area contributed by atoms with Crippen molar-refractivity contribution in [3.05, 3.63) is 0 Å². The molecule has 0 aliphatic carbocycles. The number of rotatable bonds is 2. The molecule has 0 saturated heterocycles. The third-order valence-electron chi connectivity index (χ3n) is 2.01. The van der Waals surface area contributed by atoms with E-state index in [1.54, 1.807) is 0 Å². The molecule has 0 saturated carbocycles. The number of amides is 1. The van der Waals surface area contributed by atoms with Crippen LogP contribution in [0.15, 0.2) is 5.10 Å². The van der Waals surface area contributed by atoms with Crippen molar-refractivity contribution in [1.29, 1.82) is 0 Å². The van der Waals surface area contributed by atoms with E-state index in [9.17, 15) is 9.59 Å². The van der Waals surface area contributed by atoms with Crippen molar-refractivity contribution >= 4 is 17.4 Å². The van der Waals surface area contributed by atoms with Gasteiger partial charge in [0.1, 0.15) is 5.71 Å². The normalized spacial score (nSPS) is 17.7. The van der Waals surface area contributed by atoms with Crippen LogP contribution in [0.25, 0.3) is 0 Å². The molecule has 4 nitrogen and oxygen atoms in total. The van der Waals surface area contributed by atoms with E-state index in [-0.39, 0.29) is 5.41 Å². The molecule has 78 valence electrons. The van der Waals surface area contributed by atoms with Gasteiger partial charge in [-0.3, -0.25) is 9.59 Å². The highest BCUT2D eigenvalue weighted by Crippen LogP contribution is 2.22. The number of hydrogen-bond donors (Lipinski definition) is 0. The van der Waals surface area contributed by atoms with Crippen LogP contribution in [0.3, 0.4) is 0 Å². The van der Waals surface area contributed by atoms with E-state index < -0.39 is 11.7 Å². The maximum atomic E-state index is 11.5. The van der Waals surface area contributed by atoms with Crippen LogP contribution in [-0.2, 0) is 9.59 Å². The van der Waals surface area contributed by atoms with Gasteiger partial charge in [0.2, 0.25) is 0 Å². The first-order valence-electron chi connectivity index (χ1n) is 4.83. The molecule has 0 atom stereocenters. The van der Waals surface area contributed by atoms with Gasteiger partial charge in [-0.15, -0.1) is 0 Å². The topological polar surface area (TPSA) is 49.7 Å². The fourth-order valence-electron chi connectivity index (χ4n) is 1.28. The average molecular weight is 196 g/mol. The number of hydrazone groups is 1. The van der Waals surface area contributed by atoms with Crippen LogP contribution in [-0.4, -0.2) is 29.0 Å². The second kappa shape index (κ2) is 3.52. The fraction of sp³-hybridized carbons (Fsp3) is 0.700. The van der Waals surface area contributed by atoms with E-state index in [2.05, 4.69) is 5.10 Å². The molecule has 0 aromatic rings. The van der Waals surface area contributed by atoms with Crippen LogP contribution in [0.4, 0.5) is 0 Å². The van der Waals surface area contributed by atoms with Gasteiger partial charge in [0.25, 0.3) is 5.78 Å². The standard InChI is InChI=1S/C10H16N2O2/c1-5-6-12-9(14)7(13)8(11-12)10(2,3)4/h5-6H2,1-4H3. The van der Waals surface area contributed by atoms with Crippen LogP contribution in [0.1, 0.15) is 34.1 Å². The number of ketones is 1. The van der Waals surface area contributed by atoms with E-state index in [4.69, 9.17) is 0 Å². The van der Waals surface area contributed by atoms with Crippen molar-refractivity contribution < 1.29 is 9.59 Å². The molecular formula is C10H16N2O2. The molecule has 0 fully saturated rings. The lowest BCUT2D eigenvalue weighted by molar-refractivity contribution is -0.139. The number of nitrogens with zero attached hydrogens (tertiary/aromatic N) is 2. The highest BCUT2D eigenvalue weighted by Gasteiger charge is 2.39. The summed E-state index contributed by atoms with van der Waals surface area (Å²) in [6.45, 7) is 8.11. The quantitative estimate of drug-likeness (QED) is 0.623. The number of hydrogen-bond acceptors (Lipinski definition) is 3. The van der Waals surface area contributed by atoms with Gasteiger partial charge < -0.3 is 0 Å². The summed E-state index contributed by atoms with van der Waals surface area (Å²) in [5.41, 5.74) is 0.0193. The molecule has 0 N–H and O–H groups in total. The molecule has 0 radical (unpaired) electrons. The monoisotopic (exact) mass is 196 g/mol. The average Bonchev–Trinajstić information content (AvgIpc) is 2.32. The number of Topliss-reactive ketones (excluding diaryl/α,β-unsaturated/α-hetero) is 1. The van der Waals surface area contributed by atoms with Crippen molar-refractivity contribution in [2.24, 2.45) is 10.5 Å². The minimum absolute atomic E-state index is 0.352. The first-order chi connectivity index (χ1) is 6.38. The molecule has 0 unspecified atom stereocenters. The smallest absolute Gasteiger partial charge is 0.282 e. The van der Waals surface area contributed by atoms with E-state index in [0.29, 0.717) is 12.3 Å². The van der Waals surface area contributed by atoms with Crippen LogP contribution >= 0.6 is 0 Å². The lowest BCUT2D eigenvalue weighted by Crippen LogP contribution is -2.32. The molecule has 0 bridgehead atoms. The predicted octanol–water partition coefficient (Wildman–Crippen LogP) is 1.21. The van der Waals surface area contributed by atoms with Crippen molar-refractivity contribution in [1.82, 2.24) is 5.01 Å². The summed E-state index contributed by atoms with van der Waals surface area (Å²) in [5.74, 6) is -0.942. The Bertz CT molecular complexity index is 300. The van der Waals surface area contributed by atoms with Gasteiger partial charge in [-0.1, -0.05) is 27.7 Å². The maximum Gasteiger partial charge on any atom is 0.316 e. The Morgan fingerprint density at radius 3 is 2.21 bits per heavy atom. The molecule has 4 heteroatoms. The first kappa shape index (κ1) is 10.9. The fourth-order valence-corrected chi connectivity index (χ4v) is 1.28. The maximum absolute atomic E-state index is 11.5. The number of carbonyl (C=O) groups excluding carboxylic acids is 2. The summed E-state index contributed by atoms with van der Waals surface area (Å²) >= 11 is 0. The summed E-state index contributed by atoms with van der Waals surface area (Å²) in [6.07, 6.45) is 0.805. The Balaban J connectivity index is 2.93. The number of carbonyl (C=O) groups is 2. The molecule has 1 amide bonds. The largest absolute Gasteiger partial charge is 0.316 e. The zero-order valence-electron chi connectivity index (χ0n) is 9.13. The zero-order chi connectivity index (χ0) is 10.9. The van der Waals surface area contributed by atoms with Gasteiger partial charge in [-0.2, -0.15) is 5.10 Å². The molecule has 1 aliphatic rings. The second-order valence-corrected chi connectivity index (χ2v) is 4.46. The second-order valence-electron chi connectivity index (χ2n) is 4.46. The van der Waals surface area contributed by atoms with Gasteiger partial charge in [-0.05, 0) is 6.42 Å². The van der Waals surface area contributed by atoms with Crippen LogP contribution in [0.5, 0.6) is 0 Å². The van der Waals surface area contributed by atoms with Crippen molar-refractivity contribution in [2.75, 3.05) is 6.54 Å². The molecule has 1 heterocycles. The van der Waals surface area contributed by atoms with Gasteiger partial charge in [0.05, 0.1) is 0 Å². The van der Waals surface area contributed by atoms with E-state index in [0.717, 1.165) is 6.42 Å². The summed E-state index contributed by atoms with van der Waals surface area (Å²) in [5, 5.41) is 5.33. The molecule has 0 aromatic carbocycles. The van der Waals surface area contributed by atoms with Crippen LogP contribution in [0, 0.1) is 5.41 Å². The summed E-state index contributed by atoms with van der Waals surface area (Å²) < 4.78 is 0. The minimum atomic E-state index is -0.489. The van der Waals surface area contributed by atoms with Crippen molar-refractivity contribution in [2.45, 2.75) is 34.1 Å². The van der Waals surface area contributed by atoms with E-state index in [1.165, 1.54) is 5.01 Å². The Kier molecular flexibility index (Phi) is 2.73. The van der Waals surface area contributed by atoms with Crippen LogP contribution < -0.4 is 0 Å². The predicted molar refractivity (Wildman–Crippen MR) is 53.9 cm³/mol. The van der Waals surface area contributed by atoms with Gasteiger partial charge in [0, 0.05) is 12.0 Å². The molecule has 0 aromatic heterocycles. The van der Waals surface area contributed by atoms with Crippen molar-refractivity contribution in [3.63, 3.8) is 0 Å². The Labute approximate surface area is 84.0 Å². The summed E-state index contributed by atoms with van der Waals surface area (Å²) in [7, 11) is 0. The minimum Gasteiger partial charge on any atom is -0.282 e. The Hall–Kier alpha value is -1.19. The molecule has 1 rings (SSSR count). The summed E-state index contributed by atoms with van der Waals surface area (Å²) in [6, 6.07) is 0. The molecule has 0 spiro atoms. The van der Waals surface area contributed by atoms with E-state index in [1.807, 2.05) is 27.7 Å². The highest BCUT2D eigenvalue weighted by atomic mass is 16.2. The summed E-state index contributed by atoms with van der Waals surface area (Å²) in [4.78, 5) is 22.9. The van der Waals surface area contributed by atoms with Gasteiger partial charge in [-0.25, -0.2) is 5.01 Å². The first-order valence-corrected chi connectivity index (χ1v) is 4.83. The van der Waals surface area contributed by atoms with Crippen LogP contribution in [0.2, 0.25) is 0 Å². The third kappa shape index (κ3) is 1.84. The molecular weight excluding hydrogens is 180 g/mol. The van der Waals surface area contributed by atoms with Crippen molar-refractivity contribution in [3.8, 4) is 0 Å². The van der Waals surface area contributed by atoms with Gasteiger partial charge >= 0.3 is 5.91 Å². The Morgan fingerprint density at radius 2 is 1.86 bits per heavy atom. The SMILES string of the molecule is CCCN1N=C(C(C)(C)C)C(=O)C1=O. The lowest BCUT2D eigenvalue weighted by atomic mass is 9.88. The van der Waals surface area contributed by atoms with Gasteiger partial charge in [0.15, 0.2) is 0 Å². The highest BCUT2D eigenvalue weighted by molar-refractivity contribution is 6.67. The Morgan fingerprint density at radius 1 is 1.29 bits per heavy atom. The third-order valence-corrected chi connectivity index (χ3v) is 2.01. The lowest BCUT2D eigenvalue weighted by Gasteiger charge is -2.15. The zero-order valence-corrected chi connectivity index (χ0v) is 9.13.